The van der Waals surface area contributed by atoms with E-state index >= 15 is 0 Å². The van der Waals surface area contributed by atoms with Crippen LogP contribution in [0.3, 0.4) is 0 Å². The predicted octanol–water partition coefficient (Wildman–Crippen LogP) is 1.14. The first kappa shape index (κ1) is 12.4. The van der Waals surface area contributed by atoms with Gasteiger partial charge in [-0.05, 0) is 24.1 Å². The second-order valence-corrected chi connectivity index (χ2v) is 3.14. The summed E-state index contributed by atoms with van der Waals surface area (Å²) in [7, 11) is 1.42. The Hall–Kier alpha value is -1.62. The highest BCUT2D eigenvalue weighted by molar-refractivity contribution is 5.80. The second-order valence-electron chi connectivity index (χ2n) is 3.14. The minimum Gasteiger partial charge on any atom is -0.494 e. The smallest absolute Gasteiger partial charge is 0.165 e. The molecule has 0 fully saturated rings. The van der Waals surface area contributed by atoms with Crippen molar-refractivity contribution in [2.75, 3.05) is 20.3 Å². The van der Waals surface area contributed by atoms with E-state index in [4.69, 9.17) is 9.84 Å². The van der Waals surface area contributed by atoms with Crippen molar-refractivity contribution in [3.63, 3.8) is 0 Å². The van der Waals surface area contributed by atoms with Crippen LogP contribution < -0.4 is 10.2 Å². The number of nitrogens with zero attached hydrogens (tertiary/aromatic N) is 1. The van der Waals surface area contributed by atoms with Crippen LogP contribution in [0, 0.1) is 5.82 Å². The van der Waals surface area contributed by atoms with Crippen LogP contribution in [0.15, 0.2) is 23.3 Å². The molecule has 0 saturated heterocycles. The monoisotopic (exact) mass is 226 g/mol. The molecule has 1 rings (SSSR count). The van der Waals surface area contributed by atoms with Gasteiger partial charge in [0, 0.05) is 13.2 Å². The number of aliphatic hydroxyl groups excluding tert-OH is 1. The predicted molar refractivity (Wildman–Crippen MR) is 60.3 cm³/mol. The Morgan fingerprint density at radius 1 is 1.56 bits per heavy atom. The minimum atomic E-state index is -0.395. The molecule has 4 nitrogen and oxygen atoms in total. The molecule has 0 amide bonds. The zero-order valence-electron chi connectivity index (χ0n) is 9.11. The molecular formula is C11H15FN2O2. The number of rotatable bonds is 6. The van der Waals surface area contributed by atoms with Crippen molar-refractivity contribution < 1.29 is 14.2 Å². The average Bonchev–Trinajstić information content (AvgIpc) is 2.31. The average molecular weight is 226 g/mol. The zero-order chi connectivity index (χ0) is 11.8. The lowest BCUT2D eigenvalue weighted by Crippen LogP contribution is -2.09. The summed E-state index contributed by atoms with van der Waals surface area (Å²) in [4.78, 5) is 0. The SMILES string of the molecule is COc1cc(/C=N/NCCCO)ccc1F. The Labute approximate surface area is 93.7 Å². The van der Waals surface area contributed by atoms with Crippen LogP contribution in [0.1, 0.15) is 12.0 Å². The van der Waals surface area contributed by atoms with Gasteiger partial charge >= 0.3 is 0 Å². The van der Waals surface area contributed by atoms with Crippen LogP contribution >= 0.6 is 0 Å². The lowest BCUT2D eigenvalue weighted by molar-refractivity contribution is 0.286. The molecule has 1 aromatic rings. The number of hydrogen-bond donors (Lipinski definition) is 2. The molecule has 2 N–H and O–H groups in total. The lowest BCUT2D eigenvalue weighted by atomic mass is 10.2. The van der Waals surface area contributed by atoms with E-state index in [-0.39, 0.29) is 12.4 Å². The maximum Gasteiger partial charge on any atom is 0.165 e. The first-order valence-electron chi connectivity index (χ1n) is 4.98. The molecule has 0 aromatic heterocycles. The van der Waals surface area contributed by atoms with Gasteiger partial charge in [-0.25, -0.2) is 4.39 Å². The van der Waals surface area contributed by atoms with E-state index in [9.17, 15) is 4.39 Å². The van der Waals surface area contributed by atoms with E-state index in [2.05, 4.69) is 10.5 Å². The Balaban J connectivity index is 2.53. The van der Waals surface area contributed by atoms with Crippen molar-refractivity contribution in [3.05, 3.63) is 29.6 Å². The highest BCUT2D eigenvalue weighted by atomic mass is 19.1. The fraction of sp³-hybridized carbons (Fsp3) is 0.364. The first-order chi connectivity index (χ1) is 7.77. The number of methoxy groups -OCH3 is 1. The van der Waals surface area contributed by atoms with Crippen molar-refractivity contribution in [2.45, 2.75) is 6.42 Å². The van der Waals surface area contributed by atoms with Crippen LogP contribution in [0.4, 0.5) is 4.39 Å². The van der Waals surface area contributed by atoms with Gasteiger partial charge in [0.15, 0.2) is 11.6 Å². The Morgan fingerprint density at radius 3 is 3.06 bits per heavy atom. The van der Waals surface area contributed by atoms with E-state index in [1.54, 1.807) is 18.3 Å². The molecule has 5 heteroatoms. The first-order valence-corrected chi connectivity index (χ1v) is 4.98. The molecule has 16 heavy (non-hydrogen) atoms. The molecule has 0 aliphatic heterocycles. The van der Waals surface area contributed by atoms with Gasteiger partial charge in [0.1, 0.15) is 0 Å². The maximum atomic E-state index is 13.0. The molecular weight excluding hydrogens is 211 g/mol. The molecule has 0 aliphatic carbocycles. The van der Waals surface area contributed by atoms with Crippen LogP contribution in [-0.2, 0) is 0 Å². The summed E-state index contributed by atoms with van der Waals surface area (Å²) in [5.74, 6) is -0.202. The number of hydrazone groups is 1. The number of aliphatic hydroxyl groups is 1. The number of nitrogens with one attached hydrogen (secondary N) is 1. The quantitative estimate of drug-likeness (QED) is 0.434. The number of halogens is 1. The molecule has 0 heterocycles. The fourth-order valence-electron chi connectivity index (χ4n) is 1.10. The maximum absolute atomic E-state index is 13.0. The van der Waals surface area contributed by atoms with Crippen molar-refractivity contribution in [3.8, 4) is 5.75 Å². The van der Waals surface area contributed by atoms with E-state index < -0.39 is 5.82 Å². The van der Waals surface area contributed by atoms with Gasteiger partial charge in [-0.3, -0.25) is 0 Å². The fourth-order valence-corrected chi connectivity index (χ4v) is 1.10. The third-order valence-electron chi connectivity index (χ3n) is 1.93. The van der Waals surface area contributed by atoms with Crippen molar-refractivity contribution in [1.82, 2.24) is 5.43 Å². The van der Waals surface area contributed by atoms with Gasteiger partial charge in [0.05, 0.1) is 13.3 Å². The molecule has 0 radical (unpaired) electrons. The zero-order valence-corrected chi connectivity index (χ0v) is 9.11. The summed E-state index contributed by atoms with van der Waals surface area (Å²) in [6.07, 6.45) is 2.21. The van der Waals surface area contributed by atoms with Gasteiger partial charge in [0.2, 0.25) is 0 Å². The Morgan fingerprint density at radius 2 is 2.38 bits per heavy atom. The summed E-state index contributed by atoms with van der Waals surface area (Å²) < 4.78 is 17.9. The third kappa shape index (κ3) is 3.86. The topological polar surface area (TPSA) is 53.8 Å². The molecule has 0 spiro atoms. The summed E-state index contributed by atoms with van der Waals surface area (Å²) in [5.41, 5.74) is 3.51. The molecule has 0 aliphatic rings. The molecule has 0 bridgehead atoms. The number of benzene rings is 1. The van der Waals surface area contributed by atoms with Crippen molar-refractivity contribution in [1.29, 1.82) is 0 Å². The van der Waals surface area contributed by atoms with Gasteiger partial charge in [-0.15, -0.1) is 0 Å². The Bertz CT molecular complexity index is 356. The van der Waals surface area contributed by atoms with Crippen LogP contribution in [0.5, 0.6) is 5.75 Å². The summed E-state index contributed by atoms with van der Waals surface area (Å²) in [5, 5.41) is 12.5. The normalized spacial score (nSPS) is 10.7. The van der Waals surface area contributed by atoms with E-state index in [1.165, 1.54) is 13.2 Å². The standard InChI is InChI=1S/C11H15FN2O2/c1-16-11-7-9(3-4-10(11)12)8-14-13-5-2-6-15/h3-4,7-8,13,15H,2,5-6H2,1H3/b14-8+. The van der Waals surface area contributed by atoms with Crippen LogP contribution in [0.25, 0.3) is 0 Å². The third-order valence-corrected chi connectivity index (χ3v) is 1.93. The van der Waals surface area contributed by atoms with Crippen molar-refractivity contribution in [2.24, 2.45) is 5.10 Å². The van der Waals surface area contributed by atoms with E-state index in [0.717, 1.165) is 5.56 Å². The highest BCUT2D eigenvalue weighted by Crippen LogP contribution is 2.16. The van der Waals surface area contributed by atoms with Gasteiger partial charge in [0.25, 0.3) is 0 Å². The largest absolute Gasteiger partial charge is 0.494 e. The molecule has 0 saturated carbocycles. The summed E-state index contributed by atoms with van der Waals surface area (Å²) in [6.45, 7) is 0.734. The van der Waals surface area contributed by atoms with Crippen molar-refractivity contribution >= 4 is 6.21 Å². The molecule has 0 atom stereocenters. The van der Waals surface area contributed by atoms with Crippen LogP contribution in [0.2, 0.25) is 0 Å². The second kappa shape index (κ2) is 6.79. The minimum absolute atomic E-state index is 0.132. The molecule has 88 valence electrons. The number of ether oxygens (including phenoxy) is 1. The number of hydrogen-bond acceptors (Lipinski definition) is 4. The van der Waals surface area contributed by atoms with E-state index in [1.807, 2.05) is 0 Å². The summed E-state index contributed by atoms with van der Waals surface area (Å²) in [6, 6.07) is 4.50. The van der Waals surface area contributed by atoms with E-state index in [0.29, 0.717) is 13.0 Å². The van der Waals surface area contributed by atoms with Crippen LogP contribution in [-0.4, -0.2) is 31.6 Å². The Kier molecular flexibility index (Phi) is 5.28. The summed E-state index contributed by atoms with van der Waals surface area (Å²) >= 11 is 0. The molecule has 0 unspecified atom stereocenters. The highest BCUT2D eigenvalue weighted by Gasteiger charge is 2.01. The van der Waals surface area contributed by atoms with Gasteiger partial charge in [-0.1, -0.05) is 6.07 Å². The lowest BCUT2D eigenvalue weighted by Gasteiger charge is -2.02. The molecule has 1 aromatic carbocycles. The van der Waals surface area contributed by atoms with Gasteiger partial charge < -0.3 is 15.3 Å². The van der Waals surface area contributed by atoms with Gasteiger partial charge in [-0.2, -0.15) is 5.10 Å².